The second-order valence-corrected chi connectivity index (χ2v) is 5.33. The van der Waals surface area contributed by atoms with E-state index in [-0.39, 0.29) is 6.61 Å². The predicted molar refractivity (Wildman–Crippen MR) is 81.9 cm³/mol. The summed E-state index contributed by atoms with van der Waals surface area (Å²) < 4.78 is 10.3. The number of thiophene rings is 1. The molecule has 0 aliphatic heterocycles. The lowest BCUT2D eigenvalue weighted by Crippen LogP contribution is -2.28. The molecule has 0 amide bonds. The molecule has 1 N–H and O–H groups in total. The lowest BCUT2D eigenvalue weighted by Gasteiger charge is -2.21. The van der Waals surface area contributed by atoms with Crippen LogP contribution in [-0.4, -0.2) is 57.1 Å². The summed E-state index contributed by atoms with van der Waals surface area (Å²) in [4.78, 5) is 3.58. The topological polar surface area (TPSA) is 41.9 Å². The second-order valence-electron chi connectivity index (χ2n) is 4.33. The minimum Gasteiger partial charge on any atom is -0.385 e. The van der Waals surface area contributed by atoms with Gasteiger partial charge in [-0.1, -0.05) is 11.8 Å². The molecule has 0 unspecified atom stereocenters. The van der Waals surface area contributed by atoms with Gasteiger partial charge in [-0.15, -0.1) is 11.3 Å². The molecule has 0 aliphatic rings. The van der Waals surface area contributed by atoms with Crippen molar-refractivity contribution in [1.29, 1.82) is 0 Å². The molecule has 0 saturated heterocycles. The van der Waals surface area contributed by atoms with E-state index in [2.05, 4.69) is 16.7 Å². The Bertz CT molecular complexity index is 422. The predicted octanol–water partition coefficient (Wildman–Crippen LogP) is 1.58. The van der Waals surface area contributed by atoms with Gasteiger partial charge in [0, 0.05) is 50.9 Å². The van der Waals surface area contributed by atoms with Gasteiger partial charge in [0.15, 0.2) is 0 Å². The normalized spacial score (nSPS) is 10.6. The van der Waals surface area contributed by atoms with Crippen molar-refractivity contribution in [2.45, 2.75) is 13.0 Å². The zero-order valence-electron chi connectivity index (χ0n) is 12.2. The molecule has 0 aromatic carbocycles. The van der Waals surface area contributed by atoms with Crippen molar-refractivity contribution in [2.24, 2.45) is 0 Å². The van der Waals surface area contributed by atoms with Gasteiger partial charge in [-0.05, 0) is 17.9 Å². The highest BCUT2D eigenvalue weighted by Gasteiger charge is 2.09. The summed E-state index contributed by atoms with van der Waals surface area (Å²) in [6.45, 7) is 4.12. The van der Waals surface area contributed by atoms with Gasteiger partial charge in [0.1, 0.15) is 6.61 Å². The Kier molecular flexibility index (Phi) is 9.29. The van der Waals surface area contributed by atoms with Gasteiger partial charge in [-0.3, -0.25) is 4.90 Å². The van der Waals surface area contributed by atoms with Gasteiger partial charge in [0.05, 0.1) is 6.61 Å². The van der Waals surface area contributed by atoms with E-state index in [1.165, 1.54) is 4.88 Å². The average molecular weight is 297 g/mol. The molecule has 0 saturated carbocycles. The minimum absolute atomic E-state index is 0.101. The monoisotopic (exact) mass is 297 g/mol. The summed E-state index contributed by atoms with van der Waals surface area (Å²) >= 11 is 1.70. The Balaban J connectivity index is 2.60. The lowest BCUT2D eigenvalue weighted by atomic mass is 10.2. The molecule has 4 nitrogen and oxygen atoms in total. The van der Waals surface area contributed by atoms with E-state index in [0.29, 0.717) is 0 Å². The zero-order valence-corrected chi connectivity index (χ0v) is 13.0. The number of hydrogen-bond acceptors (Lipinski definition) is 5. The van der Waals surface area contributed by atoms with Gasteiger partial charge in [-0.25, -0.2) is 0 Å². The van der Waals surface area contributed by atoms with Crippen molar-refractivity contribution >= 4 is 11.3 Å². The Morgan fingerprint density at radius 2 is 2.05 bits per heavy atom. The maximum absolute atomic E-state index is 8.79. The fourth-order valence-electron chi connectivity index (χ4n) is 1.84. The molecule has 112 valence electrons. The quantitative estimate of drug-likeness (QED) is 0.555. The van der Waals surface area contributed by atoms with Crippen molar-refractivity contribution in [1.82, 2.24) is 4.90 Å². The lowest BCUT2D eigenvalue weighted by molar-refractivity contribution is 0.130. The highest BCUT2D eigenvalue weighted by atomic mass is 32.1. The number of methoxy groups -OCH3 is 2. The minimum atomic E-state index is -0.101. The summed E-state index contributed by atoms with van der Waals surface area (Å²) in [5.41, 5.74) is 1.01. The molecule has 5 heteroatoms. The fourth-order valence-corrected chi connectivity index (χ4v) is 2.71. The van der Waals surface area contributed by atoms with Crippen LogP contribution in [0.3, 0.4) is 0 Å². The molecular formula is C15H23NO3S. The van der Waals surface area contributed by atoms with Gasteiger partial charge >= 0.3 is 0 Å². The molecule has 1 aromatic heterocycles. The first-order valence-electron chi connectivity index (χ1n) is 6.68. The van der Waals surface area contributed by atoms with Crippen LogP contribution < -0.4 is 0 Å². The third-order valence-corrected chi connectivity index (χ3v) is 3.75. The molecule has 1 rings (SSSR count). The smallest absolute Gasteiger partial charge is 0.104 e. The van der Waals surface area contributed by atoms with Crippen molar-refractivity contribution in [3.05, 3.63) is 21.9 Å². The number of hydrogen-bond donors (Lipinski definition) is 1. The summed E-state index contributed by atoms with van der Waals surface area (Å²) in [5, 5.41) is 10.8. The molecule has 0 atom stereocenters. The standard InChI is InChI=1S/C15H23NO3S/c1-18-10-4-7-16(8-11-19-2)13-15-14(5-3-9-17)6-12-20-15/h6,12,17H,4,7-11,13H2,1-2H3. The SMILES string of the molecule is COCCCN(CCOC)Cc1sccc1C#CCO. The van der Waals surface area contributed by atoms with E-state index < -0.39 is 0 Å². The molecule has 20 heavy (non-hydrogen) atoms. The van der Waals surface area contributed by atoms with Crippen LogP contribution in [0.15, 0.2) is 11.4 Å². The van der Waals surface area contributed by atoms with E-state index in [0.717, 1.165) is 44.8 Å². The first-order chi connectivity index (χ1) is 9.81. The summed E-state index contributed by atoms with van der Waals surface area (Å²) in [7, 11) is 3.44. The maximum Gasteiger partial charge on any atom is 0.104 e. The summed E-state index contributed by atoms with van der Waals surface area (Å²) in [6.07, 6.45) is 1.00. The highest BCUT2D eigenvalue weighted by Crippen LogP contribution is 2.18. The maximum atomic E-state index is 8.79. The fraction of sp³-hybridized carbons (Fsp3) is 0.600. The molecular weight excluding hydrogens is 274 g/mol. The van der Waals surface area contributed by atoms with Crippen LogP contribution in [0.1, 0.15) is 16.9 Å². The summed E-state index contributed by atoms with van der Waals surface area (Å²) in [5.74, 6) is 5.71. The van der Waals surface area contributed by atoms with Crippen molar-refractivity contribution in [3.8, 4) is 11.8 Å². The number of rotatable bonds is 9. The Morgan fingerprint density at radius 3 is 2.75 bits per heavy atom. The molecule has 0 radical (unpaired) electrons. The van der Waals surface area contributed by atoms with Crippen LogP contribution in [0, 0.1) is 11.8 Å². The second kappa shape index (κ2) is 10.8. The van der Waals surface area contributed by atoms with E-state index in [9.17, 15) is 0 Å². The molecule has 0 aliphatic carbocycles. The van der Waals surface area contributed by atoms with Crippen LogP contribution in [0.4, 0.5) is 0 Å². The van der Waals surface area contributed by atoms with E-state index >= 15 is 0 Å². The number of ether oxygens (including phenoxy) is 2. The molecule has 1 heterocycles. The van der Waals surface area contributed by atoms with E-state index in [4.69, 9.17) is 14.6 Å². The van der Waals surface area contributed by atoms with Crippen LogP contribution in [0.2, 0.25) is 0 Å². The third kappa shape index (κ3) is 6.51. The first-order valence-corrected chi connectivity index (χ1v) is 7.56. The van der Waals surface area contributed by atoms with Gasteiger partial charge < -0.3 is 14.6 Å². The van der Waals surface area contributed by atoms with Crippen LogP contribution in [-0.2, 0) is 16.0 Å². The molecule has 0 fully saturated rings. The van der Waals surface area contributed by atoms with Crippen LogP contribution >= 0.6 is 11.3 Å². The average Bonchev–Trinajstić information content (AvgIpc) is 2.89. The third-order valence-electron chi connectivity index (χ3n) is 2.85. The molecule has 1 aromatic rings. The Labute approximate surface area is 125 Å². The van der Waals surface area contributed by atoms with Crippen molar-refractivity contribution < 1.29 is 14.6 Å². The number of aliphatic hydroxyl groups is 1. The van der Waals surface area contributed by atoms with Gasteiger partial charge in [0.2, 0.25) is 0 Å². The first kappa shape index (κ1) is 17.2. The number of aliphatic hydroxyl groups excluding tert-OH is 1. The van der Waals surface area contributed by atoms with Crippen molar-refractivity contribution in [3.63, 3.8) is 0 Å². The number of nitrogens with zero attached hydrogens (tertiary/aromatic N) is 1. The van der Waals surface area contributed by atoms with Gasteiger partial charge in [0.25, 0.3) is 0 Å². The summed E-state index contributed by atoms with van der Waals surface area (Å²) in [6, 6.07) is 2.01. The van der Waals surface area contributed by atoms with Crippen LogP contribution in [0.5, 0.6) is 0 Å². The largest absolute Gasteiger partial charge is 0.385 e. The molecule has 0 bridgehead atoms. The van der Waals surface area contributed by atoms with Gasteiger partial charge in [-0.2, -0.15) is 0 Å². The Morgan fingerprint density at radius 1 is 1.25 bits per heavy atom. The van der Waals surface area contributed by atoms with E-state index in [1.54, 1.807) is 25.6 Å². The highest BCUT2D eigenvalue weighted by molar-refractivity contribution is 7.10. The van der Waals surface area contributed by atoms with Crippen LogP contribution in [0.25, 0.3) is 0 Å². The molecule has 0 spiro atoms. The zero-order chi connectivity index (χ0) is 14.6. The Hall–Kier alpha value is -0.900. The van der Waals surface area contributed by atoms with E-state index in [1.807, 2.05) is 11.4 Å². The van der Waals surface area contributed by atoms with Crippen molar-refractivity contribution in [2.75, 3.05) is 47.1 Å².